The SMILES string of the molecule is COc1ccc(F)cc1C1=CCN(CC(Cc2ccccc2)N(C)C(=O)NC2CCCCC2)CC1. The third kappa shape index (κ3) is 6.85. The van der Waals surface area contributed by atoms with Gasteiger partial charge >= 0.3 is 6.03 Å². The number of amides is 2. The van der Waals surface area contributed by atoms with Crippen molar-refractivity contribution >= 4 is 11.6 Å². The second kappa shape index (κ2) is 12.2. The highest BCUT2D eigenvalue weighted by molar-refractivity contribution is 5.74. The molecule has 1 N–H and O–H groups in total. The van der Waals surface area contributed by atoms with Crippen molar-refractivity contribution in [1.29, 1.82) is 0 Å². The van der Waals surface area contributed by atoms with E-state index in [1.165, 1.54) is 30.9 Å². The number of carbonyl (C=O) groups excluding carboxylic acids is 1. The van der Waals surface area contributed by atoms with Crippen LogP contribution in [0.3, 0.4) is 0 Å². The molecule has 2 amide bonds. The monoisotopic (exact) mass is 479 g/mol. The van der Waals surface area contributed by atoms with E-state index in [9.17, 15) is 9.18 Å². The van der Waals surface area contributed by atoms with Crippen LogP contribution in [0.2, 0.25) is 0 Å². The van der Waals surface area contributed by atoms with Crippen LogP contribution in [-0.2, 0) is 6.42 Å². The first-order valence-electron chi connectivity index (χ1n) is 12.9. The van der Waals surface area contributed by atoms with Crippen LogP contribution in [0.5, 0.6) is 5.75 Å². The normalized spacial score (nSPS) is 18.0. The summed E-state index contributed by atoms with van der Waals surface area (Å²) in [5, 5.41) is 3.28. The maximum atomic E-state index is 13.9. The minimum Gasteiger partial charge on any atom is -0.496 e. The van der Waals surface area contributed by atoms with Crippen LogP contribution in [-0.4, -0.2) is 61.7 Å². The molecule has 1 atom stereocenters. The second-order valence-electron chi connectivity index (χ2n) is 9.82. The van der Waals surface area contributed by atoms with Gasteiger partial charge in [-0.2, -0.15) is 0 Å². The number of carbonyl (C=O) groups is 1. The molecule has 2 aliphatic rings. The Kier molecular flexibility index (Phi) is 8.80. The highest BCUT2D eigenvalue weighted by Crippen LogP contribution is 2.31. The molecule has 4 rings (SSSR count). The zero-order valence-electron chi connectivity index (χ0n) is 21.0. The fraction of sp³-hybridized carbons (Fsp3) is 0.483. The van der Waals surface area contributed by atoms with Crippen molar-refractivity contribution in [2.75, 3.05) is 33.8 Å². The van der Waals surface area contributed by atoms with Gasteiger partial charge in [0.15, 0.2) is 0 Å². The van der Waals surface area contributed by atoms with Crippen LogP contribution in [0.4, 0.5) is 9.18 Å². The number of methoxy groups -OCH3 is 1. The van der Waals surface area contributed by atoms with Crippen LogP contribution in [0.1, 0.15) is 49.7 Å². The minimum atomic E-state index is -0.252. The van der Waals surface area contributed by atoms with Crippen LogP contribution < -0.4 is 10.1 Å². The molecule has 0 bridgehead atoms. The van der Waals surface area contributed by atoms with Crippen LogP contribution >= 0.6 is 0 Å². The summed E-state index contributed by atoms with van der Waals surface area (Å²) < 4.78 is 19.3. The van der Waals surface area contributed by atoms with E-state index in [2.05, 4.69) is 40.6 Å². The number of hydrogen-bond acceptors (Lipinski definition) is 3. The molecule has 0 saturated heterocycles. The Morgan fingerprint density at radius 2 is 1.94 bits per heavy atom. The number of rotatable bonds is 8. The number of nitrogens with one attached hydrogen (secondary N) is 1. The van der Waals surface area contributed by atoms with Crippen molar-refractivity contribution in [1.82, 2.24) is 15.1 Å². The van der Waals surface area contributed by atoms with Gasteiger partial charge in [0.05, 0.1) is 7.11 Å². The zero-order chi connectivity index (χ0) is 24.6. The number of likely N-dealkylation sites (N-methyl/N-ethyl adjacent to an activating group) is 1. The average Bonchev–Trinajstić information content (AvgIpc) is 2.89. The summed E-state index contributed by atoms with van der Waals surface area (Å²) in [5.74, 6) is 0.449. The lowest BCUT2D eigenvalue weighted by Gasteiger charge is -2.36. The van der Waals surface area contributed by atoms with Gasteiger partial charge < -0.3 is 15.0 Å². The highest BCUT2D eigenvalue weighted by atomic mass is 19.1. The average molecular weight is 480 g/mol. The standard InChI is InChI=1S/C29H38FN3O2/c1-32(29(34)31-25-11-7-4-8-12-25)26(19-22-9-5-3-6-10-22)21-33-17-15-23(16-18-33)27-20-24(30)13-14-28(27)35-2/h3,5-6,9-10,13-15,20,25-26H,4,7-8,11-12,16-19,21H2,1-2H3,(H,31,34). The molecular weight excluding hydrogens is 441 g/mol. The van der Waals surface area contributed by atoms with Gasteiger partial charge in [0.25, 0.3) is 0 Å². The fourth-order valence-electron chi connectivity index (χ4n) is 5.25. The van der Waals surface area contributed by atoms with E-state index in [0.29, 0.717) is 5.75 Å². The summed E-state index contributed by atoms with van der Waals surface area (Å²) in [5.41, 5.74) is 3.17. The van der Waals surface area contributed by atoms with Gasteiger partial charge in [-0.1, -0.05) is 55.7 Å². The Hall–Kier alpha value is -2.86. The summed E-state index contributed by atoms with van der Waals surface area (Å²) >= 11 is 0. The molecule has 6 heteroatoms. The maximum Gasteiger partial charge on any atom is 0.317 e. The molecule has 1 unspecified atom stereocenters. The predicted octanol–water partition coefficient (Wildman–Crippen LogP) is 5.51. The van der Waals surface area contributed by atoms with Crippen molar-refractivity contribution in [2.45, 2.75) is 57.0 Å². The third-order valence-electron chi connectivity index (χ3n) is 7.38. The Morgan fingerprint density at radius 1 is 1.17 bits per heavy atom. The predicted molar refractivity (Wildman–Crippen MR) is 139 cm³/mol. The Morgan fingerprint density at radius 3 is 2.63 bits per heavy atom. The molecule has 1 fully saturated rings. The molecule has 2 aromatic carbocycles. The summed E-state index contributed by atoms with van der Waals surface area (Å²) in [6.45, 7) is 2.40. The quantitative estimate of drug-likeness (QED) is 0.543. The Balaban J connectivity index is 1.44. The number of urea groups is 1. The smallest absolute Gasteiger partial charge is 0.317 e. The van der Waals surface area contributed by atoms with Gasteiger partial charge in [-0.15, -0.1) is 0 Å². The molecule has 5 nitrogen and oxygen atoms in total. The molecule has 1 saturated carbocycles. The van der Waals surface area contributed by atoms with E-state index in [-0.39, 0.29) is 23.9 Å². The second-order valence-corrected chi connectivity index (χ2v) is 9.82. The molecular formula is C29H38FN3O2. The van der Waals surface area contributed by atoms with E-state index in [4.69, 9.17) is 4.74 Å². The zero-order valence-corrected chi connectivity index (χ0v) is 21.0. The first-order valence-corrected chi connectivity index (χ1v) is 12.9. The van der Waals surface area contributed by atoms with Crippen molar-refractivity contribution in [2.24, 2.45) is 0 Å². The van der Waals surface area contributed by atoms with E-state index < -0.39 is 0 Å². The minimum absolute atomic E-state index is 0.0237. The van der Waals surface area contributed by atoms with Gasteiger partial charge in [0.1, 0.15) is 11.6 Å². The number of ether oxygens (including phenoxy) is 1. The van der Waals surface area contributed by atoms with Crippen LogP contribution in [0, 0.1) is 5.82 Å². The number of benzene rings is 2. The highest BCUT2D eigenvalue weighted by Gasteiger charge is 2.26. The van der Waals surface area contributed by atoms with Crippen molar-refractivity contribution in [3.63, 3.8) is 0 Å². The molecule has 1 heterocycles. The molecule has 0 aromatic heterocycles. The lowest BCUT2D eigenvalue weighted by molar-refractivity contribution is 0.158. The molecule has 0 radical (unpaired) electrons. The Bertz CT molecular complexity index is 1000. The lowest BCUT2D eigenvalue weighted by Crippen LogP contribution is -2.52. The van der Waals surface area contributed by atoms with Gasteiger partial charge in [-0.05, 0) is 55.0 Å². The van der Waals surface area contributed by atoms with Crippen molar-refractivity contribution in [3.8, 4) is 5.75 Å². The van der Waals surface area contributed by atoms with Crippen LogP contribution in [0.25, 0.3) is 5.57 Å². The van der Waals surface area contributed by atoms with Crippen molar-refractivity contribution in [3.05, 3.63) is 71.6 Å². The molecule has 188 valence electrons. The first-order chi connectivity index (χ1) is 17.0. The van der Waals surface area contributed by atoms with E-state index in [1.54, 1.807) is 19.2 Å². The first kappa shape index (κ1) is 25.2. The molecule has 35 heavy (non-hydrogen) atoms. The van der Waals surface area contributed by atoms with Gasteiger partial charge in [-0.3, -0.25) is 4.90 Å². The topological polar surface area (TPSA) is 44.8 Å². The van der Waals surface area contributed by atoms with Crippen LogP contribution in [0.15, 0.2) is 54.6 Å². The molecule has 0 spiro atoms. The number of nitrogens with zero attached hydrogens (tertiary/aromatic N) is 2. The Labute approximate surface area is 209 Å². The fourth-order valence-corrected chi connectivity index (χ4v) is 5.25. The summed E-state index contributed by atoms with van der Waals surface area (Å²) in [6, 6.07) is 15.4. The largest absolute Gasteiger partial charge is 0.496 e. The number of halogens is 1. The molecule has 2 aromatic rings. The van der Waals surface area contributed by atoms with E-state index in [1.807, 2.05) is 18.0 Å². The van der Waals surface area contributed by atoms with Crippen molar-refractivity contribution < 1.29 is 13.9 Å². The summed E-state index contributed by atoms with van der Waals surface area (Å²) in [7, 11) is 3.55. The molecule has 1 aliphatic carbocycles. The summed E-state index contributed by atoms with van der Waals surface area (Å²) in [4.78, 5) is 17.4. The van der Waals surface area contributed by atoms with Gasteiger partial charge in [0, 0.05) is 44.3 Å². The van der Waals surface area contributed by atoms with E-state index >= 15 is 0 Å². The summed E-state index contributed by atoms with van der Waals surface area (Å²) in [6.07, 6.45) is 9.60. The lowest BCUT2D eigenvalue weighted by atomic mass is 9.95. The van der Waals surface area contributed by atoms with Gasteiger partial charge in [0.2, 0.25) is 0 Å². The molecule has 1 aliphatic heterocycles. The third-order valence-corrected chi connectivity index (χ3v) is 7.38. The van der Waals surface area contributed by atoms with Gasteiger partial charge in [-0.25, -0.2) is 9.18 Å². The number of hydrogen-bond donors (Lipinski definition) is 1. The van der Waals surface area contributed by atoms with E-state index in [0.717, 1.165) is 56.5 Å². The maximum absolute atomic E-state index is 13.9.